The Morgan fingerprint density at radius 2 is 1.77 bits per heavy atom. The van der Waals surface area contributed by atoms with E-state index < -0.39 is 41.2 Å². The van der Waals surface area contributed by atoms with Gasteiger partial charge in [-0.2, -0.15) is 30.7 Å². The number of aromatic nitrogens is 4. The van der Waals surface area contributed by atoms with Crippen molar-refractivity contribution in [3.8, 4) is 5.75 Å². The Kier molecular flexibility index (Phi) is 6.96. The standard InChI is InChI=1S/C19H18F7N5O2S2/c20-17(21,18(22,23)19(24,25)26)10-33-13-6-27-14(30-15(13)31-4-2-1-3-5-31)9-35(32)16-28-11-7-34-8-12(11)29-16/h6-8H,1-5,9-10H2,(H,28,29). The van der Waals surface area contributed by atoms with E-state index in [1.165, 1.54) is 11.3 Å². The zero-order valence-corrected chi connectivity index (χ0v) is 19.4. The van der Waals surface area contributed by atoms with Gasteiger partial charge in [0.05, 0.1) is 28.3 Å². The second-order valence-electron chi connectivity index (χ2n) is 7.79. The summed E-state index contributed by atoms with van der Waals surface area (Å²) in [5.74, 6) is -12.5. The lowest BCUT2D eigenvalue weighted by Gasteiger charge is -2.31. The predicted octanol–water partition coefficient (Wildman–Crippen LogP) is 4.92. The number of anilines is 1. The average Bonchev–Trinajstić information content (AvgIpc) is 3.40. The smallest absolute Gasteiger partial charge is 0.460 e. The van der Waals surface area contributed by atoms with Crippen molar-refractivity contribution in [2.75, 3.05) is 24.6 Å². The molecule has 1 saturated heterocycles. The molecule has 1 fully saturated rings. The van der Waals surface area contributed by atoms with Gasteiger partial charge in [-0.05, 0) is 19.3 Å². The molecule has 192 valence electrons. The molecular weight excluding hydrogens is 527 g/mol. The maximum absolute atomic E-state index is 13.8. The Morgan fingerprint density at radius 1 is 1.06 bits per heavy atom. The first-order chi connectivity index (χ1) is 16.4. The van der Waals surface area contributed by atoms with Crippen LogP contribution in [-0.4, -0.2) is 61.9 Å². The van der Waals surface area contributed by atoms with Crippen LogP contribution in [-0.2, 0) is 16.6 Å². The fraction of sp³-hybridized carbons (Fsp3) is 0.526. The summed E-state index contributed by atoms with van der Waals surface area (Å²) in [6.07, 6.45) is -3.22. The first kappa shape index (κ1) is 25.6. The number of hydrogen-bond donors (Lipinski definition) is 1. The topological polar surface area (TPSA) is 84.0 Å². The number of piperidine rings is 1. The number of imidazole rings is 1. The molecule has 1 atom stereocenters. The third-order valence-corrected chi connectivity index (χ3v) is 7.12. The Hall–Kier alpha value is -2.49. The van der Waals surface area contributed by atoms with E-state index in [9.17, 15) is 34.9 Å². The summed E-state index contributed by atoms with van der Waals surface area (Å²) in [7, 11) is -1.70. The number of thiophene rings is 1. The summed E-state index contributed by atoms with van der Waals surface area (Å²) in [6, 6.07) is 0. The highest BCUT2D eigenvalue weighted by Crippen LogP contribution is 2.46. The molecule has 0 spiro atoms. The van der Waals surface area contributed by atoms with Crippen LogP contribution in [0.4, 0.5) is 36.6 Å². The highest BCUT2D eigenvalue weighted by molar-refractivity contribution is 7.84. The van der Waals surface area contributed by atoms with Gasteiger partial charge in [0.25, 0.3) is 0 Å². The van der Waals surface area contributed by atoms with Crippen LogP contribution in [0.15, 0.2) is 22.1 Å². The number of nitrogens with zero attached hydrogens (tertiary/aromatic N) is 4. The summed E-state index contributed by atoms with van der Waals surface area (Å²) in [5.41, 5.74) is 1.34. The quantitative estimate of drug-likeness (QED) is 0.405. The number of hydrogen-bond acceptors (Lipinski definition) is 7. The second kappa shape index (κ2) is 9.52. The van der Waals surface area contributed by atoms with Crippen molar-refractivity contribution in [1.82, 2.24) is 19.9 Å². The number of alkyl halides is 7. The van der Waals surface area contributed by atoms with Gasteiger partial charge >= 0.3 is 18.0 Å². The summed E-state index contributed by atoms with van der Waals surface area (Å²) >= 11 is 1.41. The van der Waals surface area contributed by atoms with Crippen LogP contribution in [0.1, 0.15) is 25.1 Å². The molecule has 3 aromatic rings. The fourth-order valence-corrected chi connectivity index (χ4v) is 5.01. The molecule has 1 aliphatic rings. The Bertz CT molecular complexity index is 1180. The number of H-pyrrole nitrogens is 1. The molecule has 7 nitrogen and oxygen atoms in total. The van der Waals surface area contributed by atoms with E-state index in [2.05, 4.69) is 19.9 Å². The van der Waals surface area contributed by atoms with Crippen LogP contribution in [0.5, 0.6) is 5.75 Å². The normalized spacial score (nSPS) is 16.6. The minimum atomic E-state index is -6.46. The Morgan fingerprint density at radius 3 is 2.43 bits per heavy atom. The molecule has 3 aromatic heterocycles. The lowest BCUT2D eigenvalue weighted by molar-refractivity contribution is -0.358. The van der Waals surface area contributed by atoms with Gasteiger partial charge in [-0.25, -0.2) is 15.0 Å². The largest absolute Gasteiger partial charge is 0.482 e. The van der Waals surface area contributed by atoms with Gasteiger partial charge in [0.15, 0.2) is 23.3 Å². The SMILES string of the molecule is O=S(Cc1ncc(OCC(F)(F)C(F)(F)C(F)(F)F)c(N2CCCCC2)n1)c1nc2cscc2[nH]1. The molecule has 4 heterocycles. The van der Waals surface area contributed by atoms with Crippen LogP contribution in [0.25, 0.3) is 11.0 Å². The maximum Gasteiger partial charge on any atom is 0.460 e. The van der Waals surface area contributed by atoms with E-state index in [-0.39, 0.29) is 22.6 Å². The van der Waals surface area contributed by atoms with Gasteiger partial charge in [-0.3, -0.25) is 4.21 Å². The van der Waals surface area contributed by atoms with Crippen molar-refractivity contribution in [1.29, 1.82) is 0 Å². The highest BCUT2D eigenvalue weighted by atomic mass is 32.2. The maximum atomic E-state index is 13.8. The molecule has 35 heavy (non-hydrogen) atoms. The van der Waals surface area contributed by atoms with E-state index in [0.717, 1.165) is 25.5 Å². The van der Waals surface area contributed by atoms with Crippen LogP contribution in [0, 0.1) is 0 Å². The lowest BCUT2D eigenvalue weighted by atomic mass is 10.1. The first-order valence-electron chi connectivity index (χ1n) is 10.3. The van der Waals surface area contributed by atoms with Crippen molar-refractivity contribution < 1.29 is 39.7 Å². The molecule has 0 aromatic carbocycles. The number of aromatic amines is 1. The van der Waals surface area contributed by atoms with Crippen molar-refractivity contribution in [2.24, 2.45) is 0 Å². The third kappa shape index (κ3) is 5.22. The average molecular weight is 546 g/mol. The molecule has 0 bridgehead atoms. The van der Waals surface area contributed by atoms with Crippen molar-refractivity contribution >= 4 is 39.0 Å². The van der Waals surface area contributed by atoms with Gasteiger partial charge in [0, 0.05) is 23.8 Å². The van der Waals surface area contributed by atoms with E-state index in [0.29, 0.717) is 24.1 Å². The lowest BCUT2D eigenvalue weighted by Crippen LogP contribution is -2.54. The molecule has 4 rings (SSSR count). The van der Waals surface area contributed by atoms with Crippen molar-refractivity contribution in [3.05, 3.63) is 22.8 Å². The number of ether oxygens (including phenoxy) is 1. The summed E-state index contributed by atoms with van der Waals surface area (Å²) in [5, 5.41) is 3.74. The van der Waals surface area contributed by atoms with E-state index in [1.807, 2.05) is 0 Å². The monoisotopic (exact) mass is 545 g/mol. The van der Waals surface area contributed by atoms with Gasteiger partial charge < -0.3 is 14.6 Å². The van der Waals surface area contributed by atoms with Crippen LogP contribution in [0.3, 0.4) is 0 Å². The van der Waals surface area contributed by atoms with Crippen molar-refractivity contribution in [2.45, 2.75) is 48.2 Å². The highest BCUT2D eigenvalue weighted by Gasteiger charge is 2.73. The molecule has 0 saturated carbocycles. The fourth-order valence-electron chi connectivity index (χ4n) is 3.38. The summed E-state index contributed by atoms with van der Waals surface area (Å²) < 4.78 is 109. The van der Waals surface area contributed by atoms with E-state index >= 15 is 0 Å². The summed E-state index contributed by atoms with van der Waals surface area (Å²) in [6.45, 7) is -1.38. The molecule has 1 N–H and O–H groups in total. The van der Waals surface area contributed by atoms with Crippen molar-refractivity contribution in [3.63, 3.8) is 0 Å². The molecular formula is C19H18F7N5O2S2. The zero-order valence-electron chi connectivity index (χ0n) is 17.7. The molecule has 0 amide bonds. The second-order valence-corrected chi connectivity index (χ2v) is 9.90. The van der Waals surface area contributed by atoms with E-state index in [1.54, 1.807) is 15.7 Å². The zero-order chi connectivity index (χ0) is 25.4. The number of halogens is 7. The molecule has 0 aliphatic carbocycles. The number of nitrogens with one attached hydrogen (secondary N) is 1. The Balaban J connectivity index is 1.56. The predicted molar refractivity (Wildman–Crippen MR) is 114 cm³/mol. The van der Waals surface area contributed by atoms with E-state index in [4.69, 9.17) is 4.74 Å². The first-order valence-corrected chi connectivity index (χ1v) is 12.5. The molecule has 1 unspecified atom stereocenters. The van der Waals surface area contributed by atoms with Crippen LogP contribution >= 0.6 is 11.3 Å². The summed E-state index contributed by atoms with van der Waals surface area (Å²) in [4.78, 5) is 16.9. The van der Waals surface area contributed by atoms with Crippen LogP contribution in [0.2, 0.25) is 0 Å². The number of fused-ring (bicyclic) bond motifs is 1. The minimum absolute atomic E-state index is 0.0301. The third-order valence-electron chi connectivity index (χ3n) is 5.25. The van der Waals surface area contributed by atoms with Gasteiger partial charge in [0.2, 0.25) is 0 Å². The molecule has 16 heteroatoms. The Labute approximate surface area is 200 Å². The molecule has 0 radical (unpaired) electrons. The van der Waals surface area contributed by atoms with Crippen LogP contribution < -0.4 is 9.64 Å². The van der Waals surface area contributed by atoms with Gasteiger partial charge in [0.1, 0.15) is 11.3 Å². The molecule has 1 aliphatic heterocycles. The van der Waals surface area contributed by atoms with Gasteiger partial charge in [-0.15, -0.1) is 11.3 Å². The number of rotatable bonds is 8. The minimum Gasteiger partial charge on any atom is -0.482 e. The van der Waals surface area contributed by atoms with Gasteiger partial charge in [-0.1, -0.05) is 0 Å².